The summed E-state index contributed by atoms with van der Waals surface area (Å²) < 4.78 is 0. The Labute approximate surface area is 67.4 Å². The average molecular weight is 153 g/mol. The topological polar surface area (TPSA) is 46.2 Å². The second-order valence-electron chi connectivity index (χ2n) is 3.03. The highest BCUT2D eigenvalue weighted by Crippen LogP contribution is 2.16. The molecule has 11 heavy (non-hydrogen) atoms. The SMILES string of the molecule is CC(O)C(N)C1C=CC=CC1. The van der Waals surface area contributed by atoms with Crippen molar-refractivity contribution < 1.29 is 5.11 Å². The number of aliphatic hydroxyl groups is 1. The van der Waals surface area contributed by atoms with Crippen molar-refractivity contribution in [2.45, 2.75) is 25.5 Å². The highest BCUT2D eigenvalue weighted by Gasteiger charge is 2.18. The molecule has 3 unspecified atom stereocenters. The molecule has 0 spiro atoms. The van der Waals surface area contributed by atoms with Crippen molar-refractivity contribution in [3.05, 3.63) is 24.3 Å². The molecule has 1 aliphatic rings. The first-order valence-corrected chi connectivity index (χ1v) is 3.99. The quantitative estimate of drug-likeness (QED) is 0.617. The summed E-state index contributed by atoms with van der Waals surface area (Å²) in [5, 5.41) is 9.19. The standard InChI is InChI=1S/C9H15NO/c1-7(11)9(10)8-5-3-2-4-6-8/h2-5,7-9,11H,6,10H2,1H3. The first-order chi connectivity index (χ1) is 5.22. The van der Waals surface area contributed by atoms with E-state index in [2.05, 4.69) is 12.2 Å². The van der Waals surface area contributed by atoms with E-state index in [0.29, 0.717) is 5.92 Å². The second-order valence-corrected chi connectivity index (χ2v) is 3.03. The number of aliphatic hydroxyl groups excluding tert-OH is 1. The van der Waals surface area contributed by atoms with Crippen molar-refractivity contribution in [2.75, 3.05) is 0 Å². The van der Waals surface area contributed by atoms with Gasteiger partial charge in [-0.25, -0.2) is 0 Å². The van der Waals surface area contributed by atoms with Crippen LogP contribution >= 0.6 is 0 Å². The van der Waals surface area contributed by atoms with Crippen LogP contribution in [0.25, 0.3) is 0 Å². The minimum Gasteiger partial charge on any atom is -0.392 e. The van der Waals surface area contributed by atoms with Gasteiger partial charge in [-0.3, -0.25) is 0 Å². The molecule has 62 valence electrons. The van der Waals surface area contributed by atoms with Crippen molar-refractivity contribution in [3.63, 3.8) is 0 Å². The van der Waals surface area contributed by atoms with Gasteiger partial charge in [-0.05, 0) is 19.3 Å². The lowest BCUT2D eigenvalue weighted by molar-refractivity contribution is 0.144. The fourth-order valence-electron chi connectivity index (χ4n) is 1.24. The monoisotopic (exact) mass is 153 g/mol. The van der Waals surface area contributed by atoms with Gasteiger partial charge < -0.3 is 10.8 Å². The van der Waals surface area contributed by atoms with Gasteiger partial charge in [-0.15, -0.1) is 0 Å². The minimum atomic E-state index is -0.420. The second kappa shape index (κ2) is 3.69. The summed E-state index contributed by atoms with van der Waals surface area (Å²) in [5.74, 6) is 0.306. The van der Waals surface area contributed by atoms with Gasteiger partial charge in [-0.2, -0.15) is 0 Å². The summed E-state index contributed by atoms with van der Waals surface area (Å²) in [4.78, 5) is 0. The Balaban J connectivity index is 2.48. The molecule has 0 fully saturated rings. The molecular formula is C9H15NO. The van der Waals surface area contributed by atoms with Gasteiger partial charge in [0, 0.05) is 6.04 Å². The fraction of sp³-hybridized carbons (Fsp3) is 0.556. The van der Waals surface area contributed by atoms with Gasteiger partial charge in [-0.1, -0.05) is 24.3 Å². The van der Waals surface area contributed by atoms with Gasteiger partial charge >= 0.3 is 0 Å². The van der Waals surface area contributed by atoms with Crippen LogP contribution in [0, 0.1) is 5.92 Å². The smallest absolute Gasteiger partial charge is 0.0668 e. The number of hydrogen-bond acceptors (Lipinski definition) is 2. The molecule has 1 aliphatic carbocycles. The lowest BCUT2D eigenvalue weighted by Crippen LogP contribution is -2.39. The lowest BCUT2D eigenvalue weighted by Gasteiger charge is -2.23. The Bertz CT molecular complexity index is 172. The Hall–Kier alpha value is -0.600. The van der Waals surface area contributed by atoms with Crippen LogP contribution in [0.5, 0.6) is 0 Å². The van der Waals surface area contributed by atoms with Crippen LogP contribution in [-0.2, 0) is 0 Å². The van der Waals surface area contributed by atoms with Crippen molar-refractivity contribution in [1.29, 1.82) is 0 Å². The van der Waals surface area contributed by atoms with E-state index in [0.717, 1.165) is 6.42 Å². The van der Waals surface area contributed by atoms with E-state index in [9.17, 15) is 5.11 Å². The molecule has 0 aromatic heterocycles. The molecule has 0 amide bonds. The maximum atomic E-state index is 9.19. The largest absolute Gasteiger partial charge is 0.392 e. The predicted octanol–water partition coefficient (Wildman–Crippen LogP) is 0.827. The molecule has 3 atom stereocenters. The lowest BCUT2D eigenvalue weighted by atomic mass is 9.90. The first-order valence-electron chi connectivity index (χ1n) is 3.99. The van der Waals surface area contributed by atoms with Crippen LogP contribution < -0.4 is 5.73 Å². The summed E-state index contributed by atoms with van der Waals surface area (Å²) in [6.07, 6.45) is 8.64. The van der Waals surface area contributed by atoms with Gasteiger partial charge in [0.1, 0.15) is 0 Å². The third-order valence-electron chi connectivity index (χ3n) is 2.07. The number of hydrogen-bond donors (Lipinski definition) is 2. The zero-order valence-corrected chi connectivity index (χ0v) is 6.77. The molecule has 0 aromatic carbocycles. The van der Waals surface area contributed by atoms with Gasteiger partial charge in [0.15, 0.2) is 0 Å². The summed E-state index contributed by atoms with van der Waals surface area (Å²) in [6.45, 7) is 1.73. The minimum absolute atomic E-state index is 0.129. The number of nitrogens with two attached hydrogens (primary N) is 1. The Morgan fingerprint density at radius 3 is 2.73 bits per heavy atom. The van der Waals surface area contributed by atoms with Crippen LogP contribution in [-0.4, -0.2) is 17.3 Å². The molecule has 2 heteroatoms. The number of rotatable bonds is 2. The average Bonchev–Trinajstić information content (AvgIpc) is 2.05. The molecule has 3 N–H and O–H groups in total. The van der Waals surface area contributed by atoms with Crippen molar-refractivity contribution in [3.8, 4) is 0 Å². The van der Waals surface area contributed by atoms with E-state index in [-0.39, 0.29) is 6.04 Å². The molecule has 0 saturated carbocycles. The maximum absolute atomic E-state index is 9.19. The van der Waals surface area contributed by atoms with Crippen LogP contribution in [0.2, 0.25) is 0 Å². The van der Waals surface area contributed by atoms with E-state index >= 15 is 0 Å². The van der Waals surface area contributed by atoms with Crippen LogP contribution in [0.3, 0.4) is 0 Å². The number of allylic oxidation sites excluding steroid dienone is 3. The predicted molar refractivity (Wildman–Crippen MR) is 46.0 cm³/mol. The molecule has 0 heterocycles. The fourth-order valence-corrected chi connectivity index (χ4v) is 1.24. The molecule has 2 nitrogen and oxygen atoms in total. The van der Waals surface area contributed by atoms with Crippen LogP contribution in [0.1, 0.15) is 13.3 Å². The summed E-state index contributed by atoms with van der Waals surface area (Å²) in [7, 11) is 0. The maximum Gasteiger partial charge on any atom is 0.0668 e. The summed E-state index contributed by atoms with van der Waals surface area (Å²) in [6, 6.07) is -0.129. The Kier molecular flexibility index (Phi) is 2.85. The van der Waals surface area contributed by atoms with Crippen molar-refractivity contribution in [1.82, 2.24) is 0 Å². The molecule has 0 saturated heterocycles. The third kappa shape index (κ3) is 2.17. The Morgan fingerprint density at radius 2 is 2.27 bits per heavy atom. The molecule has 0 bridgehead atoms. The Morgan fingerprint density at radius 1 is 1.55 bits per heavy atom. The molecule has 0 aliphatic heterocycles. The molecule has 0 radical (unpaired) electrons. The van der Waals surface area contributed by atoms with Crippen molar-refractivity contribution in [2.24, 2.45) is 11.7 Å². The van der Waals surface area contributed by atoms with Gasteiger partial charge in [0.2, 0.25) is 0 Å². The zero-order valence-electron chi connectivity index (χ0n) is 6.77. The third-order valence-corrected chi connectivity index (χ3v) is 2.07. The van der Waals surface area contributed by atoms with E-state index in [1.165, 1.54) is 0 Å². The molecule has 1 rings (SSSR count). The van der Waals surface area contributed by atoms with Crippen molar-refractivity contribution >= 4 is 0 Å². The van der Waals surface area contributed by atoms with Crippen LogP contribution in [0.4, 0.5) is 0 Å². The highest BCUT2D eigenvalue weighted by molar-refractivity contribution is 5.12. The van der Waals surface area contributed by atoms with Gasteiger partial charge in [0.05, 0.1) is 6.10 Å². The zero-order chi connectivity index (χ0) is 8.27. The molecular weight excluding hydrogens is 138 g/mol. The summed E-state index contributed by atoms with van der Waals surface area (Å²) in [5.41, 5.74) is 5.76. The summed E-state index contributed by atoms with van der Waals surface area (Å²) >= 11 is 0. The van der Waals surface area contributed by atoms with E-state index < -0.39 is 6.10 Å². The van der Waals surface area contributed by atoms with Crippen LogP contribution in [0.15, 0.2) is 24.3 Å². The van der Waals surface area contributed by atoms with E-state index in [1.807, 2.05) is 12.2 Å². The highest BCUT2D eigenvalue weighted by atomic mass is 16.3. The van der Waals surface area contributed by atoms with E-state index in [4.69, 9.17) is 5.73 Å². The molecule has 0 aromatic rings. The first kappa shape index (κ1) is 8.50. The normalized spacial score (nSPS) is 28.5. The van der Waals surface area contributed by atoms with Gasteiger partial charge in [0.25, 0.3) is 0 Å². The van der Waals surface area contributed by atoms with E-state index in [1.54, 1.807) is 6.92 Å².